The van der Waals surface area contributed by atoms with E-state index in [0.29, 0.717) is 5.76 Å². The second-order valence-electron chi connectivity index (χ2n) is 2.05. The maximum absolute atomic E-state index is 8.62. The minimum atomic E-state index is 0.353. The second-order valence-corrected chi connectivity index (χ2v) is 2.05. The molecule has 0 aromatic rings. The molecule has 0 unspecified atom stereocenters. The van der Waals surface area contributed by atoms with E-state index in [9.17, 15) is 0 Å². The van der Waals surface area contributed by atoms with E-state index in [-0.39, 0.29) is 0 Å². The van der Waals surface area contributed by atoms with Crippen LogP contribution in [0.4, 0.5) is 0 Å². The fraction of sp³-hybridized carbons (Fsp3) is 0.429. The molecular formula is C7H12O. The van der Waals surface area contributed by atoms with Crippen molar-refractivity contribution < 1.29 is 5.11 Å². The van der Waals surface area contributed by atoms with Gasteiger partial charge in [-0.2, -0.15) is 0 Å². The van der Waals surface area contributed by atoms with E-state index in [0.717, 1.165) is 0 Å². The summed E-state index contributed by atoms with van der Waals surface area (Å²) in [5.41, 5.74) is 1.19. The summed E-state index contributed by atoms with van der Waals surface area (Å²) in [6, 6.07) is 0. The molecule has 0 amide bonds. The Hall–Kier alpha value is -0.720. The van der Waals surface area contributed by atoms with E-state index in [4.69, 9.17) is 5.11 Å². The predicted octanol–water partition coefficient (Wildman–Crippen LogP) is 2.41. The summed E-state index contributed by atoms with van der Waals surface area (Å²) in [7, 11) is 0. The molecule has 0 aliphatic rings. The highest BCUT2D eigenvalue weighted by molar-refractivity contribution is 5.09. The Bertz CT molecular complexity index is 96.3. The van der Waals surface area contributed by atoms with E-state index < -0.39 is 0 Å². The monoisotopic (exact) mass is 112 g/mol. The maximum Gasteiger partial charge on any atom is 0.0891 e. The molecule has 0 spiro atoms. The fourth-order valence-electron chi connectivity index (χ4n) is 0.287. The standard InChI is InChI=1S/C7H12O/c1-6(2)4-5-7(3)8/h4-5,8H,1-3H3/b7-5+. The summed E-state index contributed by atoms with van der Waals surface area (Å²) < 4.78 is 0. The normalized spacial score (nSPS) is 11.1. The van der Waals surface area contributed by atoms with Crippen molar-refractivity contribution in [2.45, 2.75) is 20.8 Å². The fourth-order valence-corrected chi connectivity index (χ4v) is 0.287. The van der Waals surface area contributed by atoms with Crippen molar-refractivity contribution in [3.05, 3.63) is 23.5 Å². The van der Waals surface area contributed by atoms with Crippen LogP contribution in [0.15, 0.2) is 23.5 Å². The van der Waals surface area contributed by atoms with Crippen LogP contribution in [-0.4, -0.2) is 5.11 Å². The molecule has 0 saturated carbocycles. The third kappa shape index (κ3) is 5.28. The Morgan fingerprint density at radius 3 is 1.75 bits per heavy atom. The van der Waals surface area contributed by atoms with E-state index in [2.05, 4.69) is 0 Å². The molecule has 0 aromatic carbocycles. The van der Waals surface area contributed by atoms with Crippen molar-refractivity contribution in [1.29, 1.82) is 0 Å². The van der Waals surface area contributed by atoms with Gasteiger partial charge in [0.25, 0.3) is 0 Å². The first-order valence-corrected chi connectivity index (χ1v) is 2.63. The first kappa shape index (κ1) is 7.28. The predicted molar refractivity (Wildman–Crippen MR) is 35.8 cm³/mol. The molecule has 0 heterocycles. The highest BCUT2D eigenvalue weighted by atomic mass is 16.3. The average Bonchev–Trinajstić information content (AvgIpc) is 1.61. The SMILES string of the molecule is CC(C)=C/C=C(\C)O. The summed E-state index contributed by atoms with van der Waals surface area (Å²) in [6.45, 7) is 5.62. The van der Waals surface area contributed by atoms with Gasteiger partial charge in [0.1, 0.15) is 0 Å². The van der Waals surface area contributed by atoms with Crippen LogP contribution >= 0.6 is 0 Å². The van der Waals surface area contributed by atoms with Crippen molar-refractivity contribution >= 4 is 0 Å². The number of rotatable bonds is 1. The molecule has 0 atom stereocenters. The third-order valence-corrected chi connectivity index (χ3v) is 0.658. The highest BCUT2D eigenvalue weighted by Gasteiger charge is 1.73. The average molecular weight is 112 g/mol. The number of hydrogen-bond acceptors (Lipinski definition) is 1. The van der Waals surface area contributed by atoms with E-state index in [1.165, 1.54) is 5.57 Å². The topological polar surface area (TPSA) is 20.2 Å². The molecule has 1 nitrogen and oxygen atoms in total. The van der Waals surface area contributed by atoms with Crippen LogP contribution in [0.1, 0.15) is 20.8 Å². The van der Waals surface area contributed by atoms with Gasteiger partial charge in [0, 0.05) is 0 Å². The van der Waals surface area contributed by atoms with Gasteiger partial charge in [-0.1, -0.05) is 11.6 Å². The van der Waals surface area contributed by atoms with E-state index in [1.807, 2.05) is 19.9 Å². The molecule has 0 saturated heterocycles. The number of aliphatic hydroxyl groups is 1. The highest BCUT2D eigenvalue weighted by Crippen LogP contribution is 1.91. The molecule has 1 heteroatoms. The minimum Gasteiger partial charge on any atom is -0.513 e. The lowest BCUT2D eigenvalue weighted by atomic mass is 10.3. The Balaban J connectivity index is 3.76. The third-order valence-electron chi connectivity index (χ3n) is 0.658. The molecule has 0 aromatic heterocycles. The first-order chi connectivity index (χ1) is 3.63. The van der Waals surface area contributed by atoms with Crippen LogP contribution in [0.25, 0.3) is 0 Å². The largest absolute Gasteiger partial charge is 0.513 e. The summed E-state index contributed by atoms with van der Waals surface area (Å²) in [5, 5.41) is 8.62. The van der Waals surface area contributed by atoms with Gasteiger partial charge in [-0.3, -0.25) is 0 Å². The van der Waals surface area contributed by atoms with Gasteiger partial charge < -0.3 is 5.11 Å². The van der Waals surface area contributed by atoms with Crippen LogP contribution in [0.3, 0.4) is 0 Å². The van der Waals surface area contributed by atoms with Crippen LogP contribution < -0.4 is 0 Å². The van der Waals surface area contributed by atoms with Gasteiger partial charge in [0.2, 0.25) is 0 Å². The van der Waals surface area contributed by atoms with Crippen molar-refractivity contribution in [2.75, 3.05) is 0 Å². The lowest BCUT2D eigenvalue weighted by Gasteiger charge is -1.83. The molecule has 0 rings (SSSR count). The molecular weight excluding hydrogens is 100 g/mol. The smallest absolute Gasteiger partial charge is 0.0891 e. The number of aliphatic hydroxyl groups excluding tert-OH is 1. The zero-order valence-corrected chi connectivity index (χ0v) is 5.60. The molecule has 0 aliphatic carbocycles. The van der Waals surface area contributed by atoms with E-state index >= 15 is 0 Å². The van der Waals surface area contributed by atoms with Crippen molar-refractivity contribution in [1.82, 2.24) is 0 Å². The molecule has 0 fully saturated rings. The van der Waals surface area contributed by atoms with Gasteiger partial charge in [0.05, 0.1) is 5.76 Å². The van der Waals surface area contributed by atoms with Gasteiger partial charge in [-0.05, 0) is 26.8 Å². The molecule has 46 valence electrons. The quantitative estimate of drug-likeness (QED) is 0.408. The summed E-state index contributed by atoms with van der Waals surface area (Å²) in [6.07, 6.45) is 3.55. The second kappa shape index (κ2) is 3.30. The Morgan fingerprint density at radius 2 is 1.62 bits per heavy atom. The lowest BCUT2D eigenvalue weighted by molar-refractivity contribution is 0.414. The van der Waals surface area contributed by atoms with E-state index in [1.54, 1.807) is 13.0 Å². The van der Waals surface area contributed by atoms with Crippen molar-refractivity contribution in [3.8, 4) is 0 Å². The van der Waals surface area contributed by atoms with Crippen LogP contribution in [0.2, 0.25) is 0 Å². The number of hydrogen-bond donors (Lipinski definition) is 1. The molecule has 1 N–H and O–H groups in total. The minimum absolute atomic E-state index is 0.353. The van der Waals surface area contributed by atoms with Gasteiger partial charge in [-0.25, -0.2) is 0 Å². The van der Waals surface area contributed by atoms with Gasteiger partial charge >= 0.3 is 0 Å². The first-order valence-electron chi connectivity index (χ1n) is 2.63. The van der Waals surface area contributed by atoms with Crippen molar-refractivity contribution in [3.63, 3.8) is 0 Å². The van der Waals surface area contributed by atoms with Gasteiger partial charge in [-0.15, -0.1) is 0 Å². The van der Waals surface area contributed by atoms with Crippen LogP contribution in [-0.2, 0) is 0 Å². The summed E-state index contributed by atoms with van der Waals surface area (Å²) >= 11 is 0. The van der Waals surface area contributed by atoms with Crippen LogP contribution in [0, 0.1) is 0 Å². The Kier molecular flexibility index (Phi) is 3.01. The Labute approximate surface area is 50.3 Å². The molecule has 0 aliphatic heterocycles. The van der Waals surface area contributed by atoms with Crippen molar-refractivity contribution in [2.24, 2.45) is 0 Å². The summed E-state index contributed by atoms with van der Waals surface area (Å²) in [5.74, 6) is 0.353. The molecule has 8 heavy (non-hydrogen) atoms. The van der Waals surface area contributed by atoms with Crippen LogP contribution in [0.5, 0.6) is 0 Å². The Morgan fingerprint density at radius 1 is 1.12 bits per heavy atom. The van der Waals surface area contributed by atoms with Gasteiger partial charge in [0.15, 0.2) is 0 Å². The zero-order valence-electron chi connectivity index (χ0n) is 5.60. The zero-order chi connectivity index (χ0) is 6.57. The maximum atomic E-state index is 8.62. The molecule has 0 radical (unpaired) electrons. The summed E-state index contributed by atoms with van der Waals surface area (Å²) in [4.78, 5) is 0. The lowest BCUT2D eigenvalue weighted by Crippen LogP contribution is -1.66. The molecule has 0 bridgehead atoms. The number of allylic oxidation sites excluding steroid dienone is 4.